The van der Waals surface area contributed by atoms with Crippen LogP contribution in [-0.4, -0.2) is 53.9 Å². The minimum absolute atomic E-state index is 0.124. The molecule has 1 fully saturated rings. The van der Waals surface area contributed by atoms with Crippen LogP contribution in [0.4, 0.5) is 17.1 Å². The first-order chi connectivity index (χ1) is 12.8. The highest BCUT2D eigenvalue weighted by Crippen LogP contribution is 2.33. The predicted molar refractivity (Wildman–Crippen MR) is 102 cm³/mol. The molecule has 10 heteroatoms. The molecule has 0 spiro atoms. The lowest BCUT2D eigenvalue weighted by molar-refractivity contribution is -0.386. The van der Waals surface area contributed by atoms with Gasteiger partial charge in [-0.15, -0.1) is 0 Å². The van der Waals surface area contributed by atoms with Crippen LogP contribution in [0.1, 0.15) is 19.3 Å². The van der Waals surface area contributed by atoms with Gasteiger partial charge in [0, 0.05) is 19.0 Å². The maximum Gasteiger partial charge on any atom is 0.311 e. The van der Waals surface area contributed by atoms with E-state index in [-0.39, 0.29) is 10.6 Å². The summed E-state index contributed by atoms with van der Waals surface area (Å²) in [6.07, 6.45) is 8.04. The largest absolute Gasteiger partial charge is 0.347 e. The lowest BCUT2D eigenvalue weighted by atomic mass is 10.1. The topological polar surface area (TPSA) is 110 Å². The minimum atomic E-state index is -3.72. The Hall–Kier alpha value is -2.46. The van der Waals surface area contributed by atoms with Crippen molar-refractivity contribution >= 4 is 26.9 Å². The maximum atomic E-state index is 11.8. The molecule has 0 aliphatic carbocycles. The van der Waals surface area contributed by atoms with Gasteiger partial charge in [0.15, 0.2) is 9.84 Å². The summed E-state index contributed by atoms with van der Waals surface area (Å²) in [5.74, 6) is 0. The first-order valence-electron chi connectivity index (χ1n) is 8.84. The zero-order valence-corrected chi connectivity index (χ0v) is 16.0. The van der Waals surface area contributed by atoms with Gasteiger partial charge in [0.25, 0.3) is 0 Å². The highest BCUT2D eigenvalue weighted by molar-refractivity contribution is 7.90. The second kappa shape index (κ2) is 8.05. The van der Waals surface area contributed by atoms with Gasteiger partial charge in [-0.2, -0.15) is 5.10 Å². The van der Waals surface area contributed by atoms with Crippen molar-refractivity contribution in [1.29, 1.82) is 0 Å². The van der Waals surface area contributed by atoms with Gasteiger partial charge >= 0.3 is 5.69 Å². The second-order valence-corrected chi connectivity index (χ2v) is 8.69. The third kappa shape index (κ3) is 4.83. The molecule has 1 aliphatic heterocycles. The summed E-state index contributed by atoms with van der Waals surface area (Å²) in [4.78, 5) is 12.8. The first kappa shape index (κ1) is 19.3. The van der Waals surface area contributed by atoms with Crippen molar-refractivity contribution in [3.05, 3.63) is 40.7 Å². The van der Waals surface area contributed by atoms with Gasteiger partial charge in [-0.25, -0.2) is 8.42 Å². The number of likely N-dealkylation sites (tertiary alicyclic amines) is 1. The molecule has 0 unspecified atom stereocenters. The molecule has 1 N–H and O–H groups in total. The zero-order valence-electron chi connectivity index (χ0n) is 15.2. The van der Waals surface area contributed by atoms with Gasteiger partial charge in [-0.05, 0) is 38.1 Å². The van der Waals surface area contributed by atoms with Crippen LogP contribution in [0.25, 0.3) is 0 Å². The molecule has 0 bridgehead atoms. The van der Waals surface area contributed by atoms with E-state index in [0.29, 0.717) is 5.69 Å². The van der Waals surface area contributed by atoms with Crippen molar-refractivity contribution in [2.75, 3.05) is 31.2 Å². The Morgan fingerprint density at radius 1 is 1.22 bits per heavy atom. The third-order valence-electron chi connectivity index (χ3n) is 4.59. The van der Waals surface area contributed by atoms with Gasteiger partial charge in [0.2, 0.25) is 0 Å². The standard InChI is InChI=1S/C17H23N5O4S/c1-27(25,26)16-7-5-6-15(17(16)22(23)24)19-14-12-18-21(13-14)11-10-20-8-3-2-4-9-20/h5-7,12-13,19H,2-4,8-11H2,1H3. The third-order valence-corrected chi connectivity index (χ3v) is 5.72. The number of nitrogens with one attached hydrogen (secondary N) is 1. The van der Waals surface area contributed by atoms with Crippen molar-refractivity contribution < 1.29 is 13.3 Å². The smallest absolute Gasteiger partial charge is 0.311 e. The number of anilines is 2. The van der Waals surface area contributed by atoms with Crippen LogP contribution in [0.15, 0.2) is 35.5 Å². The van der Waals surface area contributed by atoms with Crippen LogP contribution in [0.5, 0.6) is 0 Å². The van der Waals surface area contributed by atoms with Crippen LogP contribution in [0, 0.1) is 10.1 Å². The number of hydrogen-bond donors (Lipinski definition) is 1. The van der Waals surface area contributed by atoms with Crippen molar-refractivity contribution in [3.63, 3.8) is 0 Å². The van der Waals surface area contributed by atoms with E-state index >= 15 is 0 Å². The number of rotatable bonds is 7. The summed E-state index contributed by atoms with van der Waals surface area (Å²) in [6, 6.07) is 4.20. The summed E-state index contributed by atoms with van der Waals surface area (Å²) < 4.78 is 25.5. The van der Waals surface area contributed by atoms with Gasteiger partial charge < -0.3 is 10.2 Å². The van der Waals surface area contributed by atoms with Gasteiger partial charge in [-0.3, -0.25) is 14.8 Å². The molecular formula is C17H23N5O4S. The fourth-order valence-corrected chi connectivity index (χ4v) is 4.10. The normalized spacial score (nSPS) is 15.6. The molecule has 1 saturated heterocycles. The van der Waals surface area contributed by atoms with Crippen molar-refractivity contribution in [1.82, 2.24) is 14.7 Å². The van der Waals surface area contributed by atoms with E-state index in [0.717, 1.165) is 32.4 Å². The van der Waals surface area contributed by atoms with Crippen molar-refractivity contribution in [2.45, 2.75) is 30.7 Å². The molecule has 9 nitrogen and oxygen atoms in total. The molecule has 0 amide bonds. The molecule has 0 saturated carbocycles. The molecule has 1 aliphatic rings. The Kier molecular flexibility index (Phi) is 5.76. The number of benzene rings is 1. The Morgan fingerprint density at radius 2 is 1.96 bits per heavy atom. The number of sulfone groups is 1. The van der Waals surface area contributed by atoms with Gasteiger partial charge in [0.05, 0.1) is 23.4 Å². The van der Waals surface area contributed by atoms with Crippen LogP contribution in [0.3, 0.4) is 0 Å². The number of para-hydroxylation sites is 1. The SMILES string of the molecule is CS(=O)(=O)c1cccc(Nc2cnn(CCN3CCCCC3)c2)c1[N+](=O)[O-]. The molecule has 3 rings (SSSR count). The van der Waals surface area contributed by atoms with Crippen molar-refractivity contribution in [2.24, 2.45) is 0 Å². The fourth-order valence-electron chi connectivity index (χ4n) is 3.24. The molecule has 2 heterocycles. The van der Waals surface area contributed by atoms with E-state index < -0.39 is 20.4 Å². The lowest BCUT2D eigenvalue weighted by Crippen LogP contribution is -2.32. The molecule has 0 atom stereocenters. The average molecular weight is 393 g/mol. The molecule has 2 aromatic rings. The first-order valence-corrected chi connectivity index (χ1v) is 10.7. The molecule has 146 valence electrons. The van der Waals surface area contributed by atoms with Gasteiger partial charge in [0.1, 0.15) is 10.6 Å². The summed E-state index contributed by atoms with van der Waals surface area (Å²) >= 11 is 0. The zero-order chi connectivity index (χ0) is 19.4. The predicted octanol–water partition coefficient (Wildman–Crippen LogP) is 2.42. The Morgan fingerprint density at radius 3 is 2.63 bits per heavy atom. The number of nitro benzene ring substituents is 1. The number of nitrogens with zero attached hydrogens (tertiary/aromatic N) is 4. The lowest BCUT2D eigenvalue weighted by Gasteiger charge is -2.26. The monoisotopic (exact) mass is 393 g/mol. The second-order valence-electron chi connectivity index (χ2n) is 6.70. The molecule has 1 aromatic heterocycles. The maximum absolute atomic E-state index is 11.8. The number of aromatic nitrogens is 2. The number of nitro groups is 1. The van der Waals surface area contributed by atoms with Crippen molar-refractivity contribution in [3.8, 4) is 0 Å². The molecule has 1 aromatic carbocycles. The molecule has 0 radical (unpaired) electrons. The quantitative estimate of drug-likeness (QED) is 0.568. The van der Waals surface area contributed by atoms with Crippen LogP contribution >= 0.6 is 0 Å². The van der Waals surface area contributed by atoms with E-state index in [1.54, 1.807) is 17.1 Å². The minimum Gasteiger partial charge on any atom is -0.347 e. The van der Waals surface area contributed by atoms with E-state index in [4.69, 9.17) is 0 Å². The summed E-state index contributed by atoms with van der Waals surface area (Å²) in [6.45, 7) is 3.85. The number of piperidine rings is 1. The van der Waals surface area contributed by atoms with Gasteiger partial charge in [-0.1, -0.05) is 12.5 Å². The number of hydrogen-bond acceptors (Lipinski definition) is 7. The van der Waals surface area contributed by atoms with Crippen LogP contribution < -0.4 is 5.32 Å². The Labute approximate surface area is 158 Å². The van der Waals surface area contributed by atoms with Crippen LogP contribution in [0.2, 0.25) is 0 Å². The van der Waals surface area contributed by atoms with Crippen LogP contribution in [-0.2, 0) is 16.4 Å². The Balaban J connectivity index is 1.74. The molecule has 27 heavy (non-hydrogen) atoms. The summed E-state index contributed by atoms with van der Waals surface area (Å²) in [7, 11) is -3.72. The van der Waals surface area contributed by atoms with E-state index in [9.17, 15) is 18.5 Å². The average Bonchev–Trinajstić information content (AvgIpc) is 3.07. The fraction of sp³-hybridized carbons (Fsp3) is 0.471. The van der Waals surface area contributed by atoms with E-state index in [1.807, 2.05) is 0 Å². The highest BCUT2D eigenvalue weighted by Gasteiger charge is 2.26. The summed E-state index contributed by atoms with van der Waals surface area (Å²) in [5.41, 5.74) is 0.238. The molecular weight excluding hydrogens is 370 g/mol. The summed E-state index contributed by atoms with van der Waals surface area (Å²) in [5, 5.41) is 18.6. The Bertz CT molecular complexity index is 919. The van der Waals surface area contributed by atoms with E-state index in [2.05, 4.69) is 15.3 Å². The van der Waals surface area contributed by atoms with E-state index in [1.165, 1.54) is 37.5 Å². The highest BCUT2D eigenvalue weighted by atomic mass is 32.2.